The first-order chi connectivity index (χ1) is 5.92. The largest absolute Gasteiger partial charge is 0.477 e. The molecular formula is C5H4N7+. The molecule has 0 aliphatic carbocycles. The SMILES string of the molecule is N=[N+]=C1N=CN=C1c1ncn[nH]1. The molecule has 0 spiro atoms. The Morgan fingerprint density at radius 2 is 2.42 bits per heavy atom. The minimum Gasteiger partial charge on any atom is -0.258 e. The molecule has 0 aromatic carbocycles. The first-order valence-corrected chi connectivity index (χ1v) is 3.12. The van der Waals surface area contributed by atoms with Crippen LogP contribution in [0.2, 0.25) is 0 Å². The van der Waals surface area contributed by atoms with Crippen LogP contribution in [0.3, 0.4) is 0 Å². The molecule has 0 radical (unpaired) electrons. The van der Waals surface area contributed by atoms with Crippen LogP contribution in [0.4, 0.5) is 0 Å². The molecule has 2 heterocycles. The molecule has 7 heteroatoms. The van der Waals surface area contributed by atoms with E-state index in [2.05, 4.69) is 30.0 Å². The normalized spacial score (nSPS) is 14.7. The summed E-state index contributed by atoms with van der Waals surface area (Å²) in [4.78, 5) is 14.6. The molecular weight excluding hydrogens is 158 g/mol. The van der Waals surface area contributed by atoms with Gasteiger partial charge in [-0.25, -0.2) is 4.98 Å². The molecule has 0 atom stereocenters. The van der Waals surface area contributed by atoms with Crippen LogP contribution in [0.25, 0.3) is 0 Å². The molecule has 2 N–H and O–H groups in total. The van der Waals surface area contributed by atoms with Gasteiger partial charge in [0.25, 0.3) is 0 Å². The Morgan fingerprint density at radius 1 is 1.50 bits per heavy atom. The van der Waals surface area contributed by atoms with E-state index in [1.165, 1.54) is 12.7 Å². The van der Waals surface area contributed by atoms with Crippen LogP contribution in [0.5, 0.6) is 0 Å². The second kappa shape index (κ2) is 2.48. The fourth-order valence-corrected chi connectivity index (χ4v) is 0.829. The lowest BCUT2D eigenvalue weighted by atomic mass is 10.3. The molecule has 7 nitrogen and oxygen atoms in total. The van der Waals surface area contributed by atoms with Gasteiger partial charge >= 0.3 is 5.84 Å². The molecule has 1 aliphatic rings. The molecule has 1 aromatic rings. The third-order valence-electron chi connectivity index (χ3n) is 1.32. The van der Waals surface area contributed by atoms with Crippen LogP contribution in [0, 0.1) is 5.53 Å². The van der Waals surface area contributed by atoms with Crippen molar-refractivity contribution < 1.29 is 4.79 Å². The van der Waals surface area contributed by atoms with Gasteiger partial charge in [-0.3, -0.25) is 5.10 Å². The number of aromatic nitrogens is 3. The highest BCUT2D eigenvalue weighted by Gasteiger charge is 2.27. The quantitative estimate of drug-likeness (QED) is 0.420. The fraction of sp³-hybridized carbons (Fsp3) is 0. The van der Waals surface area contributed by atoms with Gasteiger partial charge in [0.1, 0.15) is 6.33 Å². The van der Waals surface area contributed by atoms with E-state index in [9.17, 15) is 0 Å². The van der Waals surface area contributed by atoms with Gasteiger partial charge < -0.3 is 0 Å². The van der Waals surface area contributed by atoms with Gasteiger partial charge in [0.2, 0.25) is 12.1 Å². The second-order valence-electron chi connectivity index (χ2n) is 1.99. The van der Waals surface area contributed by atoms with Gasteiger partial charge in [-0.05, 0) is 10.5 Å². The maximum atomic E-state index is 6.76. The molecule has 1 aliphatic heterocycles. The molecule has 2 rings (SSSR count). The first kappa shape index (κ1) is 6.56. The van der Waals surface area contributed by atoms with Crippen molar-refractivity contribution in [2.75, 3.05) is 0 Å². The van der Waals surface area contributed by atoms with Crippen molar-refractivity contribution in [3.05, 3.63) is 12.2 Å². The summed E-state index contributed by atoms with van der Waals surface area (Å²) >= 11 is 0. The number of aromatic amines is 1. The number of nitrogens with zero attached hydrogens (tertiary/aromatic N) is 5. The molecule has 0 bridgehead atoms. The number of amidine groups is 1. The van der Waals surface area contributed by atoms with E-state index in [1.54, 1.807) is 0 Å². The van der Waals surface area contributed by atoms with Crippen molar-refractivity contribution in [3.8, 4) is 0 Å². The minimum atomic E-state index is 0.242. The zero-order valence-corrected chi connectivity index (χ0v) is 5.89. The van der Waals surface area contributed by atoms with Crippen molar-refractivity contribution >= 4 is 17.9 Å². The molecule has 0 amide bonds. The molecule has 0 saturated heterocycles. The zero-order chi connectivity index (χ0) is 8.39. The van der Waals surface area contributed by atoms with Gasteiger partial charge in [0.15, 0.2) is 5.82 Å². The third kappa shape index (κ3) is 0.850. The molecule has 0 saturated carbocycles. The maximum absolute atomic E-state index is 6.76. The van der Waals surface area contributed by atoms with Crippen LogP contribution in [-0.2, 0) is 0 Å². The van der Waals surface area contributed by atoms with E-state index in [-0.39, 0.29) is 5.84 Å². The number of aliphatic imine (C=N–C) groups is 2. The van der Waals surface area contributed by atoms with Crippen molar-refractivity contribution in [2.24, 2.45) is 9.98 Å². The number of rotatable bonds is 1. The standard InChI is InChI=1S/C5H3N7/c6-11-4-3(7-1-8-4)5-9-2-10-12-5/h1-2,6H/p+1. The van der Waals surface area contributed by atoms with Crippen molar-refractivity contribution in [2.45, 2.75) is 0 Å². The highest BCUT2D eigenvalue weighted by atomic mass is 15.2. The predicted octanol–water partition coefficient (Wildman–Crippen LogP) is -0.727. The lowest BCUT2D eigenvalue weighted by Crippen LogP contribution is -2.12. The van der Waals surface area contributed by atoms with Gasteiger partial charge in [0.05, 0.1) is 0 Å². The smallest absolute Gasteiger partial charge is 0.258 e. The van der Waals surface area contributed by atoms with E-state index in [1.807, 2.05) is 0 Å². The Kier molecular flexibility index (Phi) is 1.36. The van der Waals surface area contributed by atoms with E-state index < -0.39 is 0 Å². The van der Waals surface area contributed by atoms with Crippen LogP contribution in [0.1, 0.15) is 5.82 Å². The van der Waals surface area contributed by atoms with Crippen LogP contribution in [-0.4, -0.2) is 37.9 Å². The summed E-state index contributed by atoms with van der Waals surface area (Å²) in [6.45, 7) is 0. The summed E-state index contributed by atoms with van der Waals surface area (Å²) in [7, 11) is 0. The Morgan fingerprint density at radius 3 is 3.08 bits per heavy atom. The number of hydrogen-bond donors (Lipinski definition) is 2. The van der Waals surface area contributed by atoms with E-state index in [4.69, 9.17) is 5.53 Å². The monoisotopic (exact) mass is 162 g/mol. The van der Waals surface area contributed by atoms with E-state index >= 15 is 0 Å². The topological polar surface area (TPSA) is 104 Å². The molecule has 0 unspecified atom stereocenters. The Balaban J connectivity index is 2.46. The fourth-order valence-electron chi connectivity index (χ4n) is 0.829. The number of H-pyrrole nitrogens is 1. The summed E-state index contributed by atoms with van der Waals surface area (Å²) in [5.41, 5.74) is 7.21. The molecule has 12 heavy (non-hydrogen) atoms. The van der Waals surface area contributed by atoms with Crippen LogP contribution < -0.4 is 0 Å². The summed E-state index contributed by atoms with van der Waals surface area (Å²) in [6.07, 6.45) is 2.68. The third-order valence-corrected chi connectivity index (χ3v) is 1.32. The van der Waals surface area contributed by atoms with Gasteiger partial charge in [-0.2, -0.15) is 10.1 Å². The maximum Gasteiger partial charge on any atom is 0.477 e. The highest BCUT2D eigenvalue weighted by Crippen LogP contribution is 1.98. The van der Waals surface area contributed by atoms with Crippen LogP contribution >= 0.6 is 0 Å². The Hall–Kier alpha value is -2.14. The van der Waals surface area contributed by atoms with Gasteiger partial charge in [0, 0.05) is 0 Å². The van der Waals surface area contributed by atoms with Crippen molar-refractivity contribution in [1.29, 1.82) is 5.53 Å². The number of nitrogens with one attached hydrogen (secondary N) is 2. The lowest BCUT2D eigenvalue weighted by molar-refractivity contribution is -0.117. The van der Waals surface area contributed by atoms with Gasteiger partial charge in [-0.1, -0.05) is 4.79 Å². The summed E-state index contributed by atoms with van der Waals surface area (Å²) < 4.78 is 0. The van der Waals surface area contributed by atoms with Crippen molar-refractivity contribution in [3.63, 3.8) is 0 Å². The van der Waals surface area contributed by atoms with Crippen LogP contribution in [0.15, 0.2) is 16.3 Å². The molecule has 0 fully saturated rings. The van der Waals surface area contributed by atoms with E-state index in [0.29, 0.717) is 11.5 Å². The number of hydrogen-bond acceptors (Lipinski definition) is 4. The summed E-state index contributed by atoms with van der Waals surface area (Å²) in [6, 6.07) is 0. The highest BCUT2D eigenvalue weighted by molar-refractivity contribution is 6.48. The second-order valence-corrected chi connectivity index (χ2v) is 1.99. The van der Waals surface area contributed by atoms with E-state index in [0.717, 1.165) is 0 Å². The Bertz CT molecular complexity index is 391. The molecule has 1 aromatic heterocycles. The van der Waals surface area contributed by atoms with Gasteiger partial charge in [-0.15, -0.1) is 0 Å². The summed E-state index contributed by atoms with van der Waals surface area (Å²) in [5.74, 6) is 0.713. The first-order valence-electron chi connectivity index (χ1n) is 3.12. The lowest BCUT2D eigenvalue weighted by Gasteiger charge is -1.82. The zero-order valence-electron chi connectivity index (χ0n) is 5.89. The average Bonchev–Trinajstić information content (AvgIpc) is 2.74. The predicted molar refractivity (Wildman–Crippen MR) is 39.4 cm³/mol. The average molecular weight is 162 g/mol. The molecule has 58 valence electrons. The Labute approximate surface area is 66.5 Å². The summed E-state index contributed by atoms with van der Waals surface area (Å²) in [5, 5.41) is 6.25. The van der Waals surface area contributed by atoms with Crippen molar-refractivity contribution in [1.82, 2.24) is 15.2 Å². The minimum absolute atomic E-state index is 0.242.